The van der Waals surface area contributed by atoms with Crippen molar-refractivity contribution in [2.45, 2.75) is 59.1 Å². The highest BCUT2D eigenvalue weighted by Crippen LogP contribution is 2.41. The third-order valence-corrected chi connectivity index (χ3v) is 6.66. The summed E-state index contributed by atoms with van der Waals surface area (Å²) in [7, 11) is 0. The van der Waals surface area contributed by atoms with Gasteiger partial charge in [0.1, 0.15) is 18.5 Å². The summed E-state index contributed by atoms with van der Waals surface area (Å²) in [4.78, 5) is 29.1. The van der Waals surface area contributed by atoms with Crippen molar-refractivity contribution in [2.24, 2.45) is 17.8 Å². The van der Waals surface area contributed by atoms with Crippen LogP contribution in [0.3, 0.4) is 0 Å². The molecule has 32 heavy (non-hydrogen) atoms. The Kier molecular flexibility index (Phi) is 5.99. The molecule has 2 aliphatic rings. The van der Waals surface area contributed by atoms with Gasteiger partial charge in [-0.25, -0.2) is 9.48 Å². The van der Waals surface area contributed by atoms with Crippen LogP contribution in [0.1, 0.15) is 58.6 Å². The number of nitro groups is 1. The predicted octanol–water partition coefficient (Wildman–Crippen LogP) is 4.48. The number of anilines is 1. The van der Waals surface area contributed by atoms with Crippen molar-refractivity contribution in [1.82, 2.24) is 14.8 Å². The van der Waals surface area contributed by atoms with E-state index in [0.717, 1.165) is 19.3 Å². The van der Waals surface area contributed by atoms with Gasteiger partial charge in [-0.15, -0.1) is 0 Å². The second kappa shape index (κ2) is 8.72. The van der Waals surface area contributed by atoms with E-state index in [4.69, 9.17) is 4.74 Å². The van der Waals surface area contributed by atoms with E-state index in [1.54, 1.807) is 25.1 Å². The standard InChI is InChI=1S/C23H29N5O4/c1-13(2)16-10-9-14(3)11-19(16)32-22(29)20-15(4)26-23-24-12-25-27(23)21(20)17-7-5-6-8-18(17)28(30)31/h5-8,12-14,16,19,21H,9-11H2,1-4H3,(H,24,25,26)/t14-,16-,19-,21-/m1/s1. The van der Waals surface area contributed by atoms with Gasteiger partial charge in [0, 0.05) is 11.8 Å². The summed E-state index contributed by atoms with van der Waals surface area (Å²) in [6.07, 6.45) is 4.15. The largest absolute Gasteiger partial charge is 0.459 e. The van der Waals surface area contributed by atoms with Crippen molar-refractivity contribution in [3.63, 3.8) is 0 Å². The second-order valence-electron chi connectivity index (χ2n) is 9.18. The zero-order valence-corrected chi connectivity index (χ0v) is 18.8. The van der Waals surface area contributed by atoms with Gasteiger partial charge in [0.25, 0.3) is 5.69 Å². The number of allylic oxidation sites excluding steroid dienone is 1. The van der Waals surface area contributed by atoms with Crippen molar-refractivity contribution in [3.05, 3.63) is 57.5 Å². The van der Waals surface area contributed by atoms with E-state index >= 15 is 0 Å². The number of ether oxygens (including phenoxy) is 1. The van der Waals surface area contributed by atoms with Crippen LogP contribution in [0.4, 0.5) is 11.6 Å². The minimum atomic E-state index is -0.804. The van der Waals surface area contributed by atoms with Gasteiger partial charge in [0.05, 0.1) is 16.1 Å². The molecule has 9 nitrogen and oxygen atoms in total. The molecule has 0 bridgehead atoms. The molecule has 1 saturated carbocycles. The molecule has 1 fully saturated rings. The topological polar surface area (TPSA) is 112 Å². The van der Waals surface area contributed by atoms with Gasteiger partial charge in [-0.2, -0.15) is 10.1 Å². The molecule has 4 rings (SSSR count). The summed E-state index contributed by atoms with van der Waals surface area (Å²) >= 11 is 0. The normalized spacial score (nSPS) is 25.3. The Morgan fingerprint density at radius 1 is 1.31 bits per heavy atom. The smallest absolute Gasteiger partial charge is 0.338 e. The SMILES string of the molecule is CC1=C(C(=O)O[C@@H]2C[C@H](C)CC[C@@H]2C(C)C)[C@@H](c2ccccc2[N+](=O)[O-])n2ncnc2N1. The molecule has 170 valence electrons. The first-order valence-corrected chi connectivity index (χ1v) is 11.1. The Hall–Kier alpha value is -3.23. The highest BCUT2D eigenvalue weighted by molar-refractivity contribution is 5.92. The highest BCUT2D eigenvalue weighted by Gasteiger charge is 2.40. The number of nitrogens with zero attached hydrogens (tertiary/aromatic N) is 4. The van der Waals surface area contributed by atoms with Crippen LogP contribution >= 0.6 is 0 Å². The summed E-state index contributed by atoms with van der Waals surface area (Å²) in [6.45, 7) is 8.26. The lowest BCUT2D eigenvalue weighted by Crippen LogP contribution is -2.38. The molecule has 0 unspecified atom stereocenters. The summed E-state index contributed by atoms with van der Waals surface area (Å²) in [6, 6.07) is 5.61. The van der Waals surface area contributed by atoms with E-state index in [-0.39, 0.29) is 11.8 Å². The first-order chi connectivity index (χ1) is 15.3. The third-order valence-electron chi connectivity index (χ3n) is 6.66. The number of para-hydroxylation sites is 1. The number of esters is 1. The van der Waals surface area contributed by atoms with Crippen LogP contribution in [-0.4, -0.2) is 31.8 Å². The molecular weight excluding hydrogens is 410 g/mol. The highest BCUT2D eigenvalue weighted by atomic mass is 16.6. The molecule has 0 radical (unpaired) electrons. The van der Waals surface area contributed by atoms with E-state index in [1.807, 2.05) is 0 Å². The Bertz CT molecular complexity index is 1060. The van der Waals surface area contributed by atoms with Crippen LogP contribution in [0, 0.1) is 27.9 Å². The minimum absolute atomic E-state index is 0.0784. The van der Waals surface area contributed by atoms with Gasteiger partial charge >= 0.3 is 5.97 Å². The molecule has 0 saturated heterocycles. The maximum Gasteiger partial charge on any atom is 0.338 e. The molecule has 2 aromatic rings. The zero-order valence-electron chi connectivity index (χ0n) is 18.8. The van der Waals surface area contributed by atoms with Crippen LogP contribution in [-0.2, 0) is 9.53 Å². The Labute approximate surface area is 187 Å². The van der Waals surface area contributed by atoms with Gasteiger partial charge in [-0.05, 0) is 43.6 Å². The number of nitrogens with one attached hydrogen (secondary N) is 1. The lowest BCUT2D eigenvalue weighted by molar-refractivity contribution is -0.385. The van der Waals surface area contributed by atoms with Gasteiger partial charge < -0.3 is 10.1 Å². The predicted molar refractivity (Wildman–Crippen MR) is 119 cm³/mol. The van der Waals surface area contributed by atoms with Gasteiger partial charge in [-0.3, -0.25) is 10.1 Å². The Balaban J connectivity index is 1.74. The molecule has 1 aliphatic carbocycles. The molecule has 9 heteroatoms. The van der Waals surface area contributed by atoms with E-state index in [0.29, 0.717) is 40.5 Å². The average molecular weight is 440 g/mol. The fraction of sp³-hybridized carbons (Fsp3) is 0.522. The lowest BCUT2D eigenvalue weighted by Gasteiger charge is -2.37. The van der Waals surface area contributed by atoms with Crippen molar-refractivity contribution < 1.29 is 14.5 Å². The number of carbonyl (C=O) groups is 1. The lowest BCUT2D eigenvalue weighted by atomic mass is 9.75. The number of hydrogen-bond acceptors (Lipinski definition) is 7. The van der Waals surface area contributed by atoms with Crippen molar-refractivity contribution in [3.8, 4) is 0 Å². The average Bonchev–Trinajstić information content (AvgIpc) is 3.20. The fourth-order valence-electron chi connectivity index (χ4n) is 4.98. The van der Waals surface area contributed by atoms with Gasteiger partial charge in [0.15, 0.2) is 0 Å². The number of hydrogen-bond donors (Lipinski definition) is 1. The first kappa shape index (κ1) is 22.0. The summed E-state index contributed by atoms with van der Waals surface area (Å²) < 4.78 is 7.63. The molecule has 1 aromatic carbocycles. The number of aromatic nitrogens is 3. The van der Waals surface area contributed by atoms with Crippen LogP contribution in [0.5, 0.6) is 0 Å². The Morgan fingerprint density at radius 3 is 2.78 bits per heavy atom. The number of fused-ring (bicyclic) bond motifs is 1. The van der Waals surface area contributed by atoms with Crippen LogP contribution in [0.25, 0.3) is 0 Å². The Morgan fingerprint density at radius 2 is 2.06 bits per heavy atom. The van der Waals surface area contributed by atoms with Crippen molar-refractivity contribution >= 4 is 17.6 Å². The molecule has 2 heterocycles. The van der Waals surface area contributed by atoms with Crippen molar-refractivity contribution in [1.29, 1.82) is 0 Å². The first-order valence-electron chi connectivity index (χ1n) is 11.1. The number of benzene rings is 1. The molecule has 1 N–H and O–H groups in total. The summed E-state index contributed by atoms with van der Waals surface area (Å²) in [5.74, 6) is 1.12. The van der Waals surface area contributed by atoms with Crippen LogP contribution < -0.4 is 5.32 Å². The fourth-order valence-corrected chi connectivity index (χ4v) is 4.98. The van der Waals surface area contributed by atoms with Crippen molar-refractivity contribution in [2.75, 3.05) is 5.32 Å². The summed E-state index contributed by atoms with van der Waals surface area (Å²) in [5, 5.41) is 19.1. The van der Waals surface area contributed by atoms with E-state index < -0.39 is 16.9 Å². The number of rotatable bonds is 5. The van der Waals surface area contributed by atoms with Crippen LogP contribution in [0.15, 0.2) is 41.9 Å². The van der Waals surface area contributed by atoms with E-state index in [2.05, 4.69) is 36.2 Å². The van der Waals surface area contributed by atoms with Gasteiger partial charge in [-0.1, -0.05) is 39.3 Å². The van der Waals surface area contributed by atoms with E-state index in [9.17, 15) is 14.9 Å². The maximum absolute atomic E-state index is 13.6. The summed E-state index contributed by atoms with van der Waals surface area (Å²) in [5.41, 5.74) is 1.17. The quantitative estimate of drug-likeness (QED) is 0.415. The van der Waals surface area contributed by atoms with Crippen LogP contribution in [0.2, 0.25) is 0 Å². The number of carbonyl (C=O) groups excluding carboxylic acids is 1. The molecule has 1 aliphatic heterocycles. The second-order valence-corrected chi connectivity index (χ2v) is 9.18. The molecule has 1 aromatic heterocycles. The molecule has 0 spiro atoms. The third kappa shape index (κ3) is 3.99. The van der Waals surface area contributed by atoms with Gasteiger partial charge in [0.2, 0.25) is 5.95 Å². The monoisotopic (exact) mass is 439 g/mol. The minimum Gasteiger partial charge on any atom is -0.459 e. The molecule has 0 amide bonds. The maximum atomic E-state index is 13.6. The van der Waals surface area contributed by atoms with E-state index in [1.165, 1.54) is 17.1 Å². The zero-order chi connectivity index (χ0) is 23.0. The number of nitro benzene ring substituents is 1. The molecule has 4 atom stereocenters. The molecular formula is C23H29N5O4.